The van der Waals surface area contributed by atoms with Crippen LogP contribution in [0.25, 0.3) is 0 Å². The first kappa shape index (κ1) is 22.0. The normalized spacial score (nSPS) is 25.7. The number of carbonyl (C=O) groups excluding carboxylic acids is 2. The fourth-order valence-corrected chi connectivity index (χ4v) is 3.55. The highest BCUT2D eigenvalue weighted by Gasteiger charge is 2.33. The number of nitrogens with one attached hydrogen (secondary N) is 1. The first-order valence-electron chi connectivity index (χ1n) is 10.2. The molecule has 1 aliphatic heterocycles. The van der Waals surface area contributed by atoms with Crippen LogP contribution in [0, 0.1) is 11.8 Å². The van der Waals surface area contributed by atoms with E-state index in [1.54, 1.807) is 18.0 Å². The first-order valence-corrected chi connectivity index (χ1v) is 10.2. The van der Waals surface area contributed by atoms with Gasteiger partial charge in [0.2, 0.25) is 5.91 Å². The molecule has 0 saturated heterocycles. The third-order valence-electron chi connectivity index (χ3n) is 5.24. The summed E-state index contributed by atoms with van der Waals surface area (Å²) in [6, 6.07) is 6.73. The predicted octanol–water partition coefficient (Wildman–Crippen LogP) is 4.04. The Kier molecular flexibility index (Phi) is 7.67. The molecule has 154 valence electrons. The number of ether oxygens (including phenoxy) is 1. The number of para-hydroxylation sites is 1. The summed E-state index contributed by atoms with van der Waals surface area (Å²) in [5.74, 6) is 0.523. The zero-order valence-electron chi connectivity index (χ0n) is 17.9. The van der Waals surface area contributed by atoms with Crippen LogP contribution in [0.1, 0.15) is 57.8 Å². The van der Waals surface area contributed by atoms with Crippen LogP contribution in [0.4, 0.5) is 0 Å². The van der Waals surface area contributed by atoms with Crippen LogP contribution in [0.3, 0.4) is 0 Å². The Labute approximate surface area is 169 Å². The SMILES string of the molecule is CC(C)[C@@H]1C/C=C/C[C@@H](C)Oc2ccccc2C(=O)N(C)[C@@H](C(C)C)C(=O)N1. The van der Waals surface area contributed by atoms with Gasteiger partial charge in [-0.3, -0.25) is 9.59 Å². The van der Waals surface area contributed by atoms with Gasteiger partial charge in [-0.05, 0) is 37.3 Å². The lowest BCUT2D eigenvalue weighted by atomic mass is 9.96. The van der Waals surface area contributed by atoms with Crippen molar-refractivity contribution in [2.24, 2.45) is 11.8 Å². The van der Waals surface area contributed by atoms with E-state index in [0.29, 0.717) is 17.2 Å². The van der Waals surface area contributed by atoms with E-state index in [4.69, 9.17) is 4.74 Å². The number of rotatable bonds is 2. The molecule has 0 fully saturated rings. The van der Waals surface area contributed by atoms with Crippen molar-refractivity contribution < 1.29 is 14.3 Å². The standard InChI is InChI=1S/C23H34N2O3/c1-15(2)19-13-9-7-11-17(5)28-20-14-10-8-12-18(20)23(27)25(6)21(16(3)4)22(26)24-19/h7-10,12,14-17,19,21H,11,13H2,1-6H3,(H,24,26)/b9-7+/t17-,19+,21+/m1/s1. The van der Waals surface area contributed by atoms with E-state index in [-0.39, 0.29) is 29.9 Å². The van der Waals surface area contributed by atoms with Crippen molar-refractivity contribution in [2.75, 3.05) is 7.05 Å². The van der Waals surface area contributed by atoms with E-state index in [2.05, 4.69) is 31.3 Å². The maximum absolute atomic E-state index is 13.2. The van der Waals surface area contributed by atoms with Gasteiger partial charge in [0.25, 0.3) is 5.91 Å². The van der Waals surface area contributed by atoms with E-state index >= 15 is 0 Å². The van der Waals surface area contributed by atoms with Crippen LogP contribution < -0.4 is 10.1 Å². The van der Waals surface area contributed by atoms with Crippen molar-refractivity contribution in [1.29, 1.82) is 0 Å². The molecule has 1 aromatic carbocycles. The molecule has 3 atom stereocenters. The van der Waals surface area contributed by atoms with Gasteiger partial charge in [0.15, 0.2) is 0 Å². The molecule has 1 aromatic rings. The third-order valence-corrected chi connectivity index (χ3v) is 5.24. The fraction of sp³-hybridized carbons (Fsp3) is 0.565. The summed E-state index contributed by atoms with van der Waals surface area (Å²) in [4.78, 5) is 27.9. The van der Waals surface area contributed by atoms with Gasteiger partial charge in [-0.1, -0.05) is 52.0 Å². The average molecular weight is 387 g/mol. The molecule has 5 heteroatoms. The molecule has 0 bridgehead atoms. The number of amides is 2. The summed E-state index contributed by atoms with van der Waals surface area (Å²) in [7, 11) is 1.70. The number of benzene rings is 1. The monoisotopic (exact) mass is 386 g/mol. The zero-order chi connectivity index (χ0) is 20.8. The number of nitrogens with zero attached hydrogens (tertiary/aromatic N) is 1. The highest BCUT2D eigenvalue weighted by molar-refractivity contribution is 5.99. The molecule has 0 aromatic heterocycles. The Morgan fingerprint density at radius 2 is 1.68 bits per heavy atom. The Morgan fingerprint density at radius 1 is 1.04 bits per heavy atom. The lowest BCUT2D eigenvalue weighted by Crippen LogP contribution is -2.53. The van der Waals surface area contributed by atoms with Gasteiger partial charge in [-0.2, -0.15) is 0 Å². The Balaban J connectivity index is 2.45. The van der Waals surface area contributed by atoms with Crippen LogP contribution in [0.2, 0.25) is 0 Å². The van der Waals surface area contributed by atoms with Gasteiger partial charge in [-0.25, -0.2) is 0 Å². The zero-order valence-corrected chi connectivity index (χ0v) is 17.9. The number of hydrogen-bond donors (Lipinski definition) is 1. The summed E-state index contributed by atoms with van der Waals surface area (Å²) in [6.45, 7) is 10.1. The second-order valence-electron chi connectivity index (χ2n) is 8.33. The van der Waals surface area contributed by atoms with E-state index in [1.807, 2.05) is 39.0 Å². The van der Waals surface area contributed by atoms with Crippen molar-refractivity contribution in [1.82, 2.24) is 10.2 Å². The molecule has 0 radical (unpaired) electrons. The second-order valence-corrected chi connectivity index (χ2v) is 8.33. The van der Waals surface area contributed by atoms with Gasteiger partial charge in [0, 0.05) is 19.5 Å². The van der Waals surface area contributed by atoms with Crippen LogP contribution >= 0.6 is 0 Å². The van der Waals surface area contributed by atoms with Crippen molar-refractivity contribution in [3.63, 3.8) is 0 Å². The van der Waals surface area contributed by atoms with Crippen molar-refractivity contribution in [3.8, 4) is 5.75 Å². The summed E-state index contributed by atoms with van der Waals surface area (Å²) < 4.78 is 6.06. The molecule has 0 saturated carbocycles. The molecular formula is C23H34N2O3. The van der Waals surface area contributed by atoms with E-state index in [9.17, 15) is 9.59 Å². The predicted molar refractivity (Wildman–Crippen MR) is 112 cm³/mol. The highest BCUT2D eigenvalue weighted by Crippen LogP contribution is 2.24. The first-order chi connectivity index (χ1) is 13.2. The minimum Gasteiger partial charge on any atom is -0.490 e. The van der Waals surface area contributed by atoms with Crippen molar-refractivity contribution in [3.05, 3.63) is 42.0 Å². The molecule has 2 rings (SSSR count). The lowest BCUT2D eigenvalue weighted by molar-refractivity contribution is -0.127. The van der Waals surface area contributed by atoms with Crippen LogP contribution in [0.5, 0.6) is 5.75 Å². The van der Waals surface area contributed by atoms with Gasteiger partial charge < -0.3 is 15.0 Å². The molecule has 1 N–H and O–H groups in total. The maximum atomic E-state index is 13.2. The molecule has 2 amide bonds. The minimum absolute atomic E-state index is 0.0165. The molecular weight excluding hydrogens is 352 g/mol. The quantitative estimate of drug-likeness (QED) is 0.781. The number of likely N-dealkylation sites (N-methyl/N-ethyl adjacent to an activating group) is 1. The van der Waals surface area contributed by atoms with Crippen LogP contribution in [-0.4, -0.2) is 41.9 Å². The fourth-order valence-electron chi connectivity index (χ4n) is 3.55. The topological polar surface area (TPSA) is 58.6 Å². The minimum atomic E-state index is -0.550. The molecule has 1 aliphatic rings. The Hall–Kier alpha value is -2.30. The average Bonchev–Trinajstić information content (AvgIpc) is 2.63. The number of fused-ring (bicyclic) bond motifs is 1. The van der Waals surface area contributed by atoms with Crippen molar-refractivity contribution >= 4 is 11.8 Å². The maximum Gasteiger partial charge on any atom is 0.258 e. The van der Waals surface area contributed by atoms with Crippen LogP contribution in [-0.2, 0) is 4.79 Å². The molecule has 0 aliphatic carbocycles. The lowest BCUT2D eigenvalue weighted by Gasteiger charge is -2.33. The summed E-state index contributed by atoms with van der Waals surface area (Å²) in [6.07, 6.45) is 5.66. The largest absolute Gasteiger partial charge is 0.490 e. The highest BCUT2D eigenvalue weighted by atomic mass is 16.5. The molecule has 0 spiro atoms. The summed E-state index contributed by atoms with van der Waals surface area (Å²) >= 11 is 0. The van der Waals surface area contributed by atoms with Gasteiger partial charge in [0.05, 0.1) is 11.7 Å². The number of hydrogen-bond acceptors (Lipinski definition) is 3. The van der Waals surface area contributed by atoms with E-state index in [0.717, 1.165) is 12.8 Å². The second kappa shape index (κ2) is 9.76. The molecule has 1 heterocycles. The van der Waals surface area contributed by atoms with E-state index < -0.39 is 6.04 Å². The van der Waals surface area contributed by atoms with Crippen molar-refractivity contribution in [2.45, 2.75) is 65.6 Å². The molecule has 28 heavy (non-hydrogen) atoms. The van der Waals surface area contributed by atoms with Gasteiger partial charge >= 0.3 is 0 Å². The molecule has 5 nitrogen and oxygen atoms in total. The Morgan fingerprint density at radius 3 is 2.32 bits per heavy atom. The van der Waals surface area contributed by atoms with Crippen LogP contribution in [0.15, 0.2) is 36.4 Å². The van der Waals surface area contributed by atoms with Gasteiger partial charge in [-0.15, -0.1) is 0 Å². The third kappa shape index (κ3) is 5.37. The smallest absolute Gasteiger partial charge is 0.258 e. The molecule has 0 unspecified atom stereocenters. The summed E-state index contributed by atoms with van der Waals surface area (Å²) in [5, 5.41) is 3.17. The summed E-state index contributed by atoms with van der Waals surface area (Å²) in [5.41, 5.74) is 0.483. The van der Waals surface area contributed by atoms with E-state index in [1.165, 1.54) is 0 Å². The van der Waals surface area contributed by atoms with Gasteiger partial charge in [0.1, 0.15) is 11.8 Å². The number of carbonyl (C=O) groups is 2. The Bertz CT molecular complexity index is 712.